The number of amides is 1. The van der Waals surface area contributed by atoms with E-state index in [-0.39, 0.29) is 5.91 Å². The van der Waals surface area contributed by atoms with Crippen LogP contribution in [-0.2, 0) is 4.79 Å². The summed E-state index contributed by atoms with van der Waals surface area (Å²) in [4.78, 5) is 12.4. The molecule has 2 rings (SSSR count). The summed E-state index contributed by atoms with van der Waals surface area (Å²) in [6.07, 6.45) is 0. The molecule has 0 bridgehead atoms. The van der Waals surface area contributed by atoms with Crippen LogP contribution in [0.5, 0.6) is 17.2 Å². The fourth-order valence-corrected chi connectivity index (χ4v) is 2.29. The molecule has 2 N–H and O–H groups in total. The first-order valence-corrected chi connectivity index (χ1v) is 8.09. The van der Waals surface area contributed by atoms with Crippen LogP contribution in [0, 0.1) is 0 Å². The van der Waals surface area contributed by atoms with Gasteiger partial charge in [0.25, 0.3) is 0 Å². The van der Waals surface area contributed by atoms with Gasteiger partial charge >= 0.3 is 0 Å². The average Bonchev–Trinajstić information content (AvgIpc) is 2.63. The highest BCUT2D eigenvalue weighted by Gasteiger charge is 2.14. The molecule has 1 unspecified atom stereocenters. The number of rotatable bonds is 8. The molecule has 0 aliphatic rings. The van der Waals surface area contributed by atoms with Crippen LogP contribution in [0.2, 0.25) is 0 Å². The lowest BCUT2D eigenvalue weighted by Gasteiger charge is -2.16. The summed E-state index contributed by atoms with van der Waals surface area (Å²) in [7, 11) is 3.12. The van der Waals surface area contributed by atoms with Crippen LogP contribution in [0.1, 0.15) is 13.8 Å². The number of benzene rings is 2. The quantitative estimate of drug-likeness (QED) is 0.766. The summed E-state index contributed by atoms with van der Waals surface area (Å²) in [5.41, 5.74) is 1.49. The van der Waals surface area contributed by atoms with E-state index in [0.717, 1.165) is 11.4 Å². The average molecular weight is 344 g/mol. The SMILES string of the molecule is CCOc1ccc(NC(C)C(=O)Nc2ccc(OC)c(OC)c2)cc1. The van der Waals surface area contributed by atoms with Gasteiger partial charge in [0.15, 0.2) is 11.5 Å². The van der Waals surface area contributed by atoms with Crippen molar-refractivity contribution in [2.45, 2.75) is 19.9 Å². The van der Waals surface area contributed by atoms with E-state index >= 15 is 0 Å². The summed E-state index contributed by atoms with van der Waals surface area (Å²) < 4.78 is 15.8. The predicted molar refractivity (Wildman–Crippen MR) is 98.9 cm³/mol. The first-order valence-electron chi connectivity index (χ1n) is 8.09. The zero-order valence-corrected chi connectivity index (χ0v) is 15.0. The number of ether oxygens (including phenoxy) is 3. The Hall–Kier alpha value is -2.89. The van der Waals surface area contributed by atoms with Gasteiger partial charge in [-0.15, -0.1) is 0 Å². The first kappa shape index (κ1) is 18.4. The summed E-state index contributed by atoms with van der Waals surface area (Å²) in [6.45, 7) is 4.36. The zero-order valence-electron chi connectivity index (χ0n) is 15.0. The second-order valence-electron chi connectivity index (χ2n) is 5.38. The molecule has 0 fully saturated rings. The summed E-state index contributed by atoms with van der Waals surface area (Å²) in [5, 5.41) is 6.02. The van der Waals surface area contributed by atoms with Gasteiger partial charge in [-0.3, -0.25) is 4.79 Å². The largest absolute Gasteiger partial charge is 0.494 e. The van der Waals surface area contributed by atoms with Crippen molar-refractivity contribution in [1.29, 1.82) is 0 Å². The maximum absolute atomic E-state index is 12.4. The Balaban J connectivity index is 1.98. The van der Waals surface area contributed by atoms with Crippen LogP contribution in [0.25, 0.3) is 0 Å². The van der Waals surface area contributed by atoms with E-state index in [4.69, 9.17) is 14.2 Å². The number of hydrogen-bond acceptors (Lipinski definition) is 5. The summed E-state index contributed by atoms with van der Waals surface area (Å²) in [5.74, 6) is 1.82. The van der Waals surface area contributed by atoms with Crippen LogP contribution >= 0.6 is 0 Å². The lowest BCUT2D eigenvalue weighted by molar-refractivity contribution is -0.116. The van der Waals surface area contributed by atoms with Crippen LogP contribution < -0.4 is 24.8 Å². The highest BCUT2D eigenvalue weighted by molar-refractivity contribution is 5.96. The van der Waals surface area contributed by atoms with Crippen LogP contribution in [0.15, 0.2) is 42.5 Å². The predicted octanol–water partition coefficient (Wildman–Crippen LogP) is 3.54. The van der Waals surface area contributed by atoms with E-state index in [1.165, 1.54) is 0 Å². The molecule has 0 aliphatic heterocycles. The van der Waals surface area contributed by atoms with Crippen molar-refractivity contribution in [2.75, 3.05) is 31.5 Å². The van der Waals surface area contributed by atoms with Crippen molar-refractivity contribution in [3.05, 3.63) is 42.5 Å². The van der Waals surface area contributed by atoms with Gasteiger partial charge < -0.3 is 24.8 Å². The fraction of sp³-hybridized carbons (Fsp3) is 0.316. The van der Waals surface area contributed by atoms with Gasteiger partial charge in [-0.1, -0.05) is 0 Å². The molecule has 25 heavy (non-hydrogen) atoms. The lowest BCUT2D eigenvalue weighted by atomic mass is 10.2. The van der Waals surface area contributed by atoms with Gasteiger partial charge in [0, 0.05) is 17.4 Å². The molecular formula is C19H24N2O4. The molecule has 2 aromatic rings. The van der Waals surface area contributed by atoms with Crippen molar-refractivity contribution in [1.82, 2.24) is 0 Å². The second-order valence-corrected chi connectivity index (χ2v) is 5.38. The van der Waals surface area contributed by atoms with Crippen molar-refractivity contribution >= 4 is 17.3 Å². The number of methoxy groups -OCH3 is 2. The minimum absolute atomic E-state index is 0.152. The highest BCUT2D eigenvalue weighted by Crippen LogP contribution is 2.29. The molecular weight excluding hydrogens is 320 g/mol. The van der Waals surface area contributed by atoms with Gasteiger partial charge in [0.2, 0.25) is 5.91 Å². The minimum Gasteiger partial charge on any atom is -0.494 e. The lowest BCUT2D eigenvalue weighted by Crippen LogP contribution is -2.31. The Morgan fingerprint density at radius 2 is 1.64 bits per heavy atom. The molecule has 134 valence electrons. The Labute approximate surface area is 148 Å². The standard InChI is InChI=1S/C19H24N2O4/c1-5-25-16-9-6-14(7-10-16)20-13(2)19(22)21-15-8-11-17(23-3)18(12-15)24-4/h6-13,20H,5H2,1-4H3,(H,21,22). The number of carbonyl (C=O) groups is 1. The van der Waals surface area contributed by atoms with Crippen molar-refractivity contribution < 1.29 is 19.0 Å². The Bertz CT molecular complexity index is 701. The van der Waals surface area contributed by atoms with Crippen LogP contribution in [0.3, 0.4) is 0 Å². The Kier molecular flexibility index (Phi) is 6.51. The maximum atomic E-state index is 12.4. The minimum atomic E-state index is -0.411. The molecule has 0 spiro atoms. The highest BCUT2D eigenvalue weighted by atomic mass is 16.5. The van der Waals surface area contributed by atoms with Gasteiger partial charge in [0.1, 0.15) is 11.8 Å². The smallest absolute Gasteiger partial charge is 0.246 e. The topological polar surface area (TPSA) is 68.8 Å². The van der Waals surface area contributed by atoms with E-state index in [1.807, 2.05) is 31.2 Å². The van der Waals surface area contributed by atoms with E-state index < -0.39 is 6.04 Å². The number of hydrogen-bond donors (Lipinski definition) is 2. The summed E-state index contributed by atoms with van der Waals surface area (Å²) >= 11 is 0. The molecule has 0 saturated carbocycles. The monoisotopic (exact) mass is 344 g/mol. The van der Waals surface area contributed by atoms with Gasteiger partial charge in [-0.2, -0.15) is 0 Å². The van der Waals surface area contributed by atoms with E-state index in [0.29, 0.717) is 23.8 Å². The molecule has 1 amide bonds. The Morgan fingerprint density at radius 3 is 2.24 bits per heavy atom. The third kappa shape index (κ3) is 5.04. The number of nitrogens with one attached hydrogen (secondary N) is 2. The molecule has 6 heteroatoms. The van der Waals surface area contributed by atoms with Gasteiger partial charge in [0.05, 0.1) is 20.8 Å². The number of carbonyl (C=O) groups excluding carboxylic acids is 1. The normalized spacial score (nSPS) is 11.4. The maximum Gasteiger partial charge on any atom is 0.246 e. The molecule has 0 radical (unpaired) electrons. The van der Waals surface area contributed by atoms with Gasteiger partial charge in [-0.25, -0.2) is 0 Å². The molecule has 6 nitrogen and oxygen atoms in total. The second kappa shape index (κ2) is 8.82. The zero-order chi connectivity index (χ0) is 18.2. The van der Waals surface area contributed by atoms with Crippen LogP contribution in [-0.4, -0.2) is 32.8 Å². The van der Waals surface area contributed by atoms with E-state index in [1.54, 1.807) is 39.3 Å². The van der Waals surface area contributed by atoms with Crippen molar-refractivity contribution in [2.24, 2.45) is 0 Å². The van der Waals surface area contributed by atoms with Crippen molar-refractivity contribution in [3.63, 3.8) is 0 Å². The molecule has 0 heterocycles. The van der Waals surface area contributed by atoms with Crippen molar-refractivity contribution in [3.8, 4) is 17.2 Å². The first-order chi connectivity index (χ1) is 12.1. The molecule has 2 aromatic carbocycles. The fourth-order valence-electron chi connectivity index (χ4n) is 2.29. The van der Waals surface area contributed by atoms with Crippen LogP contribution in [0.4, 0.5) is 11.4 Å². The van der Waals surface area contributed by atoms with Gasteiger partial charge in [-0.05, 0) is 50.2 Å². The molecule has 0 saturated heterocycles. The Morgan fingerprint density at radius 1 is 1.00 bits per heavy atom. The molecule has 1 atom stereocenters. The molecule has 0 aliphatic carbocycles. The van der Waals surface area contributed by atoms with E-state index in [9.17, 15) is 4.79 Å². The third-order valence-electron chi connectivity index (χ3n) is 3.59. The van der Waals surface area contributed by atoms with E-state index in [2.05, 4.69) is 10.6 Å². The summed E-state index contributed by atoms with van der Waals surface area (Å²) in [6, 6.07) is 12.3. The number of anilines is 2. The third-order valence-corrected chi connectivity index (χ3v) is 3.59. The molecule has 0 aromatic heterocycles.